The van der Waals surface area contributed by atoms with Crippen molar-refractivity contribution < 1.29 is 13.5 Å². The fourth-order valence-corrected chi connectivity index (χ4v) is 3.56. The highest BCUT2D eigenvalue weighted by Crippen LogP contribution is 2.15. The van der Waals surface area contributed by atoms with Crippen LogP contribution in [0.15, 0.2) is 29.3 Å². The number of guanidine groups is 1. The summed E-state index contributed by atoms with van der Waals surface area (Å²) in [6.45, 7) is 10.7. The van der Waals surface area contributed by atoms with E-state index in [2.05, 4.69) is 38.6 Å². The summed E-state index contributed by atoms with van der Waals surface area (Å²) < 4.78 is 28.9. The molecular formula is C22H37F2N5O. The molecule has 30 heavy (non-hydrogen) atoms. The Balaban J connectivity index is 1.74. The van der Waals surface area contributed by atoms with Gasteiger partial charge < -0.3 is 24.8 Å². The Morgan fingerprint density at radius 3 is 2.37 bits per heavy atom. The van der Waals surface area contributed by atoms with E-state index in [0.29, 0.717) is 6.54 Å². The fraction of sp³-hybridized carbons (Fsp3) is 0.682. The number of halogens is 2. The lowest BCUT2D eigenvalue weighted by Crippen LogP contribution is -2.46. The molecule has 2 rings (SSSR count). The highest BCUT2D eigenvalue weighted by atomic mass is 19.3. The van der Waals surface area contributed by atoms with Crippen LogP contribution in [0.25, 0.3) is 0 Å². The van der Waals surface area contributed by atoms with Crippen LogP contribution in [-0.2, 0) is 6.54 Å². The van der Waals surface area contributed by atoms with Gasteiger partial charge in [-0.05, 0) is 50.6 Å². The number of unbranched alkanes of at least 4 members (excludes halogenated alkanes) is 1. The van der Waals surface area contributed by atoms with E-state index in [9.17, 15) is 8.78 Å². The summed E-state index contributed by atoms with van der Waals surface area (Å²) in [6, 6.07) is 6.74. The van der Waals surface area contributed by atoms with E-state index in [0.717, 1.165) is 50.5 Å². The van der Waals surface area contributed by atoms with Crippen LogP contribution in [0.2, 0.25) is 0 Å². The normalized spacial score (nSPS) is 16.1. The minimum atomic E-state index is -2.80. The molecule has 0 aliphatic carbocycles. The number of aliphatic imine (C=N–C) groups is 1. The molecule has 0 bridgehead atoms. The second-order valence-electron chi connectivity index (χ2n) is 7.60. The van der Waals surface area contributed by atoms with Crippen LogP contribution in [0.3, 0.4) is 0 Å². The predicted molar refractivity (Wildman–Crippen MR) is 118 cm³/mol. The molecule has 0 saturated carbocycles. The molecule has 0 amide bonds. The van der Waals surface area contributed by atoms with Crippen molar-refractivity contribution >= 4 is 5.96 Å². The summed E-state index contributed by atoms with van der Waals surface area (Å²) in [5.74, 6) is 1.04. The van der Waals surface area contributed by atoms with Gasteiger partial charge in [0.1, 0.15) is 5.75 Å². The standard InChI is InChI=1S/C22H37F2N5O/c1-4-25-22(26-12-6-7-13-29-16-14-28(5-2)15-17-29)27(3)18-19-8-10-20(11-9-19)30-21(23)24/h8-11,21H,4-7,12-18H2,1-3H3,(H,25,26). The van der Waals surface area contributed by atoms with Crippen molar-refractivity contribution in [2.75, 3.05) is 59.4 Å². The quantitative estimate of drug-likeness (QED) is 0.335. The van der Waals surface area contributed by atoms with Gasteiger partial charge in [-0.1, -0.05) is 19.1 Å². The largest absolute Gasteiger partial charge is 0.435 e. The lowest BCUT2D eigenvalue weighted by Gasteiger charge is -2.33. The first-order valence-corrected chi connectivity index (χ1v) is 11.0. The monoisotopic (exact) mass is 425 g/mol. The maximum absolute atomic E-state index is 12.3. The van der Waals surface area contributed by atoms with E-state index < -0.39 is 6.61 Å². The van der Waals surface area contributed by atoms with Crippen LogP contribution in [-0.4, -0.2) is 86.7 Å². The number of nitrogens with zero attached hydrogens (tertiary/aromatic N) is 4. The van der Waals surface area contributed by atoms with Gasteiger partial charge in [0.2, 0.25) is 0 Å². The van der Waals surface area contributed by atoms with Crippen molar-refractivity contribution in [1.29, 1.82) is 0 Å². The minimum absolute atomic E-state index is 0.174. The molecule has 8 heteroatoms. The zero-order chi connectivity index (χ0) is 21.8. The summed E-state index contributed by atoms with van der Waals surface area (Å²) in [6.07, 6.45) is 2.22. The van der Waals surface area contributed by atoms with E-state index in [-0.39, 0.29) is 5.75 Å². The molecule has 1 fully saturated rings. The molecule has 6 nitrogen and oxygen atoms in total. The van der Waals surface area contributed by atoms with Gasteiger partial charge in [-0.2, -0.15) is 8.78 Å². The number of rotatable bonds is 11. The van der Waals surface area contributed by atoms with E-state index in [1.165, 1.54) is 26.2 Å². The molecule has 1 N–H and O–H groups in total. The highest BCUT2D eigenvalue weighted by Gasteiger charge is 2.14. The maximum Gasteiger partial charge on any atom is 0.387 e. The molecule has 1 aliphatic rings. The molecule has 0 aromatic heterocycles. The third-order valence-electron chi connectivity index (χ3n) is 5.32. The molecule has 0 radical (unpaired) electrons. The van der Waals surface area contributed by atoms with Gasteiger partial charge in [-0.25, -0.2) is 0 Å². The Kier molecular flexibility index (Phi) is 10.9. The summed E-state index contributed by atoms with van der Waals surface area (Å²) in [5, 5.41) is 3.33. The highest BCUT2D eigenvalue weighted by molar-refractivity contribution is 5.79. The SMILES string of the molecule is CCNC(=NCCCCN1CCN(CC)CC1)N(C)Cc1ccc(OC(F)F)cc1. The summed E-state index contributed by atoms with van der Waals surface area (Å²) in [7, 11) is 1.98. The smallest absolute Gasteiger partial charge is 0.387 e. The van der Waals surface area contributed by atoms with Gasteiger partial charge in [0.05, 0.1) is 0 Å². The van der Waals surface area contributed by atoms with E-state index in [1.807, 2.05) is 7.05 Å². The van der Waals surface area contributed by atoms with Gasteiger partial charge in [0.15, 0.2) is 5.96 Å². The zero-order valence-corrected chi connectivity index (χ0v) is 18.6. The molecule has 1 aromatic rings. The molecule has 0 atom stereocenters. The molecule has 0 spiro atoms. The number of alkyl halides is 2. The molecule has 1 aliphatic heterocycles. The number of ether oxygens (including phenoxy) is 1. The Morgan fingerprint density at radius 2 is 1.77 bits per heavy atom. The Hall–Kier alpha value is -1.93. The first-order valence-electron chi connectivity index (χ1n) is 11.0. The molecule has 170 valence electrons. The van der Waals surface area contributed by atoms with E-state index in [4.69, 9.17) is 4.99 Å². The zero-order valence-electron chi connectivity index (χ0n) is 18.6. The van der Waals surface area contributed by atoms with Crippen molar-refractivity contribution in [2.24, 2.45) is 4.99 Å². The van der Waals surface area contributed by atoms with Gasteiger partial charge >= 0.3 is 6.61 Å². The number of nitrogens with one attached hydrogen (secondary N) is 1. The number of hydrogen-bond donors (Lipinski definition) is 1. The second kappa shape index (κ2) is 13.4. The van der Waals surface area contributed by atoms with Gasteiger partial charge in [0.25, 0.3) is 0 Å². The Morgan fingerprint density at radius 1 is 1.10 bits per heavy atom. The average Bonchev–Trinajstić information content (AvgIpc) is 2.74. The van der Waals surface area contributed by atoms with E-state index >= 15 is 0 Å². The predicted octanol–water partition coefficient (Wildman–Crippen LogP) is 3.10. The Bertz CT molecular complexity index is 618. The van der Waals surface area contributed by atoms with Gasteiger partial charge in [-0.3, -0.25) is 4.99 Å². The van der Waals surface area contributed by atoms with Crippen LogP contribution < -0.4 is 10.1 Å². The second-order valence-corrected chi connectivity index (χ2v) is 7.60. The van der Waals surface area contributed by atoms with Crippen LogP contribution in [0.1, 0.15) is 32.3 Å². The number of piperazine rings is 1. The van der Waals surface area contributed by atoms with Crippen molar-refractivity contribution in [3.8, 4) is 5.75 Å². The molecule has 1 heterocycles. The van der Waals surface area contributed by atoms with E-state index in [1.54, 1.807) is 24.3 Å². The first-order chi connectivity index (χ1) is 14.5. The fourth-order valence-electron chi connectivity index (χ4n) is 3.56. The van der Waals surface area contributed by atoms with Crippen LogP contribution in [0.5, 0.6) is 5.75 Å². The van der Waals surface area contributed by atoms with Crippen LogP contribution >= 0.6 is 0 Å². The summed E-state index contributed by atoms with van der Waals surface area (Å²) in [5.41, 5.74) is 1.01. The average molecular weight is 426 g/mol. The summed E-state index contributed by atoms with van der Waals surface area (Å²) in [4.78, 5) is 11.9. The Labute approximate surface area is 179 Å². The lowest BCUT2D eigenvalue weighted by molar-refractivity contribution is -0.0498. The van der Waals surface area contributed by atoms with Crippen molar-refractivity contribution in [2.45, 2.75) is 39.8 Å². The maximum atomic E-state index is 12.3. The number of benzene rings is 1. The van der Waals surface area contributed by atoms with Crippen LogP contribution in [0.4, 0.5) is 8.78 Å². The van der Waals surface area contributed by atoms with Crippen molar-refractivity contribution in [1.82, 2.24) is 20.0 Å². The number of hydrogen-bond acceptors (Lipinski definition) is 4. The molecule has 0 unspecified atom stereocenters. The molecule has 1 aromatic carbocycles. The summed E-state index contributed by atoms with van der Waals surface area (Å²) >= 11 is 0. The topological polar surface area (TPSA) is 43.3 Å². The van der Waals surface area contributed by atoms with Crippen LogP contribution in [0, 0.1) is 0 Å². The lowest BCUT2D eigenvalue weighted by atomic mass is 10.2. The van der Waals surface area contributed by atoms with Gasteiger partial charge in [0, 0.05) is 52.9 Å². The minimum Gasteiger partial charge on any atom is -0.435 e. The third kappa shape index (κ3) is 8.83. The van der Waals surface area contributed by atoms with Gasteiger partial charge in [-0.15, -0.1) is 0 Å². The molecule has 1 saturated heterocycles. The molecular weight excluding hydrogens is 388 g/mol. The third-order valence-corrected chi connectivity index (χ3v) is 5.32. The van der Waals surface area contributed by atoms with Crippen molar-refractivity contribution in [3.63, 3.8) is 0 Å². The first kappa shape index (κ1) is 24.3. The number of likely N-dealkylation sites (N-methyl/N-ethyl adjacent to an activating group) is 1. The van der Waals surface area contributed by atoms with Crippen molar-refractivity contribution in [3.05, 3.63) is 29.8 Å².